The lowest BCUT2D eigenvalue weighted by atomic mass is 10.0. The van der Waals surface area contributed by atoms with Gasteiger partial charge in [0.2, 0.25) is 0 Å². The summed E-state index contributed by atoms with van der Waals surface area (Å²) < 4.78 is 43.1. The predicted molar refractivity (Wildman–Crippen MR) is 112 cm³/mol. The molecule has 4 heterocycles. The Bertz CT molecular complexity index is 1200. The Balaban J connectivity index is 1.30. The van der Waals surface area contributed by atoms with Gasteiger partial charge in [0.05, 0.1) is 17.5 Å². The van der Waals surface area contributed by atoms with Crippen LogP contribution in [-0.2, 0) is 13.2 Å². The molecule has 6 nitrogen and oxygen atoms in total. The highest BCUT2D eigenvalue weighted by Gasteiger charge is 2.31. The van der Waals surface area contributed by atoms with Gasteiger partial charge in [-0.2, -0.15) is 18.3 Å². The summed E-state index contributed by atoms with van der Waals surface area (Å²) in [6.45, 7) is 1.54. The molecule has 0 unspecified atom stereocenters. The third-order valence-electron chi connectivity index (χ3n) is 5.88. The lowest BCUT2D eigenvalue weighted by Gasteiger charge is -2.33. The molecule has 160 valence electrons. The van der Waals surface area contributed by atoms with Crippen molar-refractivity contribution in [3.05, 3.63) is 60.6 Å². The summed E-state index contributed by atoms with van der Waals surface area (Å²) in [5.41, 5.74) is 1.71. The van der Waals surface area contributed by atoms with Crippen molar-refractivity contribution in [2.75, 3.05) is 18.0 Å². The van der Waals surface area contributed by atoms with Crippen LogP contribution < -0.4 is 4.90 Å². The van der Waals surface area contributed by atoms with Crippen molar-refractivity contribution in [2.24, 2.45) is 7.05 Å². The highest BCUT2D eigenvalue weighted by molar-refractivity contribution is 5.81. The number of anilines is 1. The fourth-order valence-electron chi connectivity index (χ4n) is 4.22. The monoisotopic (exact) mass is 426 g/mol. The van der Waals surface area contributed by atoms with Gasteiger partial charge < -0.3 is 9.47 Å². The summed E-state index contributed by atoms with van der Waals surface area (Å²) in [5.74, 6) is 0.808. The zero-order chi connectivity index (χ0) is 21.6. The Labute approximate surface area is 176 Å². The number of piperidine rings is 1. The second kappa shape index (κ2) is 7.40. The Hall–Kier alpha value is -3.36. The van der Waals surface area contributed by atoms with Crippen LogP contribution in [0.2, 0.25) is 0 Å². The van der Waals surface area contributed by atoms with E-state index >= 15 is 0 Å². The molecule has 0 amide bonds. The number of hydrogen-bond donors (Lipinski definition) is 0. The second-order valence-corrected chi connectivity index (χ2v) is 7.89. The standard InChI is InChI=1S/C22H21F3N6/c1-29-14-16(13-26-29)19-4-5-21(28-27-19)30-9-7-18(8-10-30)31-11-6-15-2-3-17(12-20(15)31)22(23,24)25/h2-6,11-14,18H,7-10H2,1H3. The summed E-state index contributed by atoms with van der Waals surface area (Å²) in [4.78, 5) is 2.17. The molecule has 1 fully saturated rings. The van der Waals surface area contributed by atoms with Crippen molar-refractivity contribution < 1.29 is 13.2 Å². The van der Waals surface area contributed by atoms with Gasteiger partial charge in [0.15, 0.2) is 5.82 Å². The van der Waals surface area contributed by atoms with Crippen molar-refractivity contribution in [1.82, 2.24) is 24.5 Å². The third kappa shape index (κ3) is 3.75. The number of aromatic nitrogens is 5. The van der Waals surface area contributed by atoms with Gasteiger partial charge in [0.1, 0.15) is 0 Å². The molecule has 0 saturated carbocycles. The molecule has 1 saturated heterocycles. The molecule has 0 radical (unpaired) electrons. The molecule has 0 bridgehead atoms. The Morgan fingerprint density at radius 2 is 1.81 bits per heavy atom. The number of alkyl halides is 3. The molecule has 0 aliphatic carbocycles. The van der Waals surface area contributed by atoms with Crippen molar-refractivity contribution in [3.8, 4) is 11.3 Å². The zero-order valence-corrected chi connectivity index (χ0v) is 16.9. The molecule has 0 N–H and O–H groups in total. The van der Waals surface area contributed by atoms with Crippen LogP contribution in [0.3, 0.4) is 0 Å². The van der Waals surface area contributed by atoms with Crippen molar-refractivity contribution in [2.45, 2.75) is 25.1 Å². The van der Waals surface area contributed by atoms with Gasteiger partial charge >= 0.3 is 6.18 Å². The van der Waals surface area contributed by atoms with E-state index in [1.54, 1.807) is 16.9 Å². The van der Waals surface area contributed by atoms with Gasteiger partial charge in [-0.25, -0.2) is 0 Å². The molecule has 0 atom stereocenters. The van der Waals surface area contributed by atoms with E-state index in [4.69, 9.17) is 0 Å². The molecule has 4 aromatic rings. The van der Waals surface area contributed by atoms with Crippen LogP contribution >= 0.6 is 0 Å². The minimum atomic E-state index is -4.34. The number of nitrogens with zero attached hydrogens (tertiary/aromatic N) is 6. The zero-order valence-electron chi connectivity index (χ0n) is 16.9. The van der Waals surface area contributed by atoms with Crippen LogP contribution in [0.5, 0.6) is 0 Å². The van der Waals surface area contributed by atoms with Gasteiger partial charge in [0.25, 0.3) is 0 Å². The van der Waals surface area contributed by atoms with E-state index in [9.17, 15) is 13.2 Å². The van der Waals surface area contributed by atoms with Gasteiger partial charge in [-0.05, 0) is 48.6 Å². The molecule has 31 heavy (non-hydrogen) atoms. The van der Waals surface area contributed by atoms with Crippen molar-refractivity contribution >= 4 is 16.7 Å². The normalized spacial score (nSPS) is 15.7. The van der Waals surface area contributed by atoms with E-state index in [1.165, 1.54) is 6.07 Å². The van der Waals surface area contributed by atoms with Gasteiger partial charge in [-0.3, -0.25) is 4.68 Å². The molecule has 1 aromatic carbocycles. The van der Waals surface area contributed by atoms with Crippen LogP contribution in [0.4, 0.5) is 19.0 Å². The van der Waals surface area contributed by atoms with Gasteiger partial charge in [-0.15, -0.1) is 10.2 Å². The number of hydrogen-bond acceptors (Lipinski definition) is 4. The van der Waals surface area contributed by atoms with Crippen molar-refractivity contribution in [3.63, 3.8) is 0 Å². The number of fused-ring (bicyclic) bond motifs is 1. The largest absolute Gasteiger partial charge is 0.416 e. The first kappa shape index (κ1) is 19.6. The maximum absolute atomic E-state index is 13.1. The fourth-order valence-corrected chi connectivity index (χ4v) is 4.22. The Morgan fingerprint density at radius 1 is 1.00 bits per heavy atom. The molecular weight excluding hydrogens is 405 g/mol. The average Bonchev–Trinajstić information content (AvgIpc) is 3.39. The topological polar surface area (TPSA) is 51.8 Å². The number of rotatable bonds is 3. The molecular formula is C22H21F3N6. The SMILES string of the molecule is Cn1cc(-c2ccc(N3CCC(n4ccc5ccc(C(F)(F)F)cc54)CC3)nn2)cn1. The Morgan fingerprint density at radius 3 is 2.45 bits per heavy atom. The lowest BCUT2D eigenvalue weighted by Crippen LogP contribution is -2.35. The highest BCUT2D eigenvalue weighted by atomic mass is 19.4. The quantitative estimate of drug-likeness (QED) is 0.477. The van der Waals surface area contributed by atoms with Gasteiger partial charge in [0, 0.05) is 49.7 Å². The number of aryl methyl sites for hydroxylation is 1. The fraction of sp³-hybridized carbons (Fsp3) is 0.318. The number of halogens is 3. The van der Waals surface area contributed by atoms with E-state index in [0.29, 0.717) is 5.52 Å². The smallest absolute Gasteiger partial charge is 0.355 e. The van der Waals surface area contributed by atoms with Crippen LogP contribution in [0.15, 0.2) is 55.0 Å². The van der Waals surface area contributed by atoms with Crippen LogP contribution in [-0.4, -0.2) is 37.6 Å². The minimum absolute atomic E-state index is 0.153. The molecule has 3 aromatic heterocycles. The average molecular weight is 426 g/mol. The first-order chi connectivity index (χ1) is 14.9. The van der Waals surface area contributed by atoms with Crippen molar-refractivity contribution in [1.29, 1.82) is 0 Å². The predicted octanol–water partition coefficient (Wildman–Crippen LogP) is 4.69. The summed E-state index contributed by atoms with van der Waals surface area (Å²) in [6.07, 6.45) is 2.85. The van der Waals surface area contributed by atoms with Gasteiger partial charge in [-0.1, -0.05) is 6.07 Å². The summed E-state index contributed by atoms with van der Waals surface area (Å²) in [6, 6.07) is 9.86. The summed E-state index contributed by atoms with van der Waals surface area (Å²) in [7, 11) is 1.85. The molecule has 1 aliphatic rings. The van der Waals surface area contributed by atoms with E-state index in [2.05, 4.69) is 20.2 Å². The molecule has 0 spiro atoms. The molecule has 1 aliphatic heterocycles. The highest BCUT2D eigenvalue weighted by Crippen LogP contribution is 2.34. The van der Waals surface area contributed by atoms with E-state index in [-0.39, 0.29) is 6.04 Å². The van der Waals surface area contributed by atoms with Crippen LogP contribution in [0, 0.1) is 0 Å². The van der Waals surface area contributed by atoms with E-state index < -0.39 is 11.7 Å². The van der Waals surface area contributed by atoms with Crippen LogP contribution in [0.25, 0.3) is 22.2 Å². The van der Waals surface area contributed by atoms with Crippen LogP contribution in [0.1, 0.15) is 24.4 Å². The third-order valence-corrected chi connectivity index (χ3v) is 5.88. The van der Waals surface area contributed by atoms with E-state index in [1.807, 2.05) is 42.2 Å². The Kier molecular flexibility index (Phi) is 4.68. The van der Waals surface area contributed by atoms with E-state index in [0.717, 1.165) is 54.5 Å². The molecule has 5 rings (SSSR count). The number of benzene rings is 1. The second-order valence-electron chi connectivity index (χ2n) is 7.89. The minimum Gasteiger partial charge on any atom is -0.355 e. The first-order valence-electron chi connectivity index (χ1n) is 10.1. The first-order valence-corrected chi connectivity index (χ1v) is 10.1. The summed E-state index contributed by atoms with van der Waals surface area (Å²) >= 11 is 0. The maximum atomic E-state index is 13.1. The maximum Gasteiger partial charge on any atom is 0.416 e. The summed E-state index contributed by atoms with van der Waals surface area (Å²) in [5, 5.41) is 13.7. The molecule has 9 heteroatoms. The lowest BCUT2D eigenvalue weighted by molar-refractivity contribution is -0.137.